The Labute approximate surface area is 103 Å². The highest BCUT2D eigenvalue weighted by atomic mass is 15.1. The largest absolute Gasteiger partial charge is 0.159 e. The normalized spacial score (nSPS) is 11.5. The van der Waals surface area contributed by atoms with E-state index < -0.39 is 0 Å². The Morgan fingerprint density at radius 3 is 2.35 bits per heavy atom. The van der Waals surface area contributed by atoms with E-state index in [9.17, 15) is 0 Å². The molecule has 2 rings (SSSR count). The van der Waals surface area contributed by atoms with Crippen molar-refractivity contribution in [3.63, 3.8) is 0 Å². The van der Waals surface area contributed by atoms with Crippen LogP contribution in [0.2, 0.25) is 0 Å². The van der Waals surface area contributed by atoms with Crippen LogP contribution < -0.4 is 0 Å². The summed E-state index contributed by atoms with van der Waals surface area (Å²) >= 11 is 0. The van der Waals surface area contributed by atoms with Crippen molar-refractivity contribution < 1.29 is 0 Å². The Morgan fingerprint density at radius 1 is 1.00 bits per heavy atom. The van der Waals surface area contributed by atoms with E-state index in [-0.39, 0.29) is 5.41 Å². The first-order valence-corrected chi connectivity index (χ1v) is 5.88. The summed E-state index contributed by atoms with van der Waals surface area (Å²) in [5.74, 6) is 0. The number of nitrogens with zero attached hydrogens (tertiary/aromatic N) is 2. The van der Waals surface area contributed by atoms with E-state index >= 15 is 0 Å². The lowest BCUT2D eigenvalue weighted by molar-refractivity contribution is 0.586. The van der Waals surface area contributed by atoms with Crippen LogP contribution in [0.3, 0.4) is 0 Å². The molecule has 0 aliphatic heterocycles. The molecular formula is C15H18N2. The molecule has 2 aromatic rings. The molecule has 0 unspecified atom stereocenters. The Morgan fingerprint density at radius 2 is 1.76 bits per heavy atom. The molecule has 0 fully saturated rings. The Balaban J connectivity index is 2.58. The van der Waals surface area contributed by atoms with Gasteiger partial charge >= 0.3 is 0 Å². The van der Waals surface area contributed by atoms with Gasteiger partial charge in [0.25, 0.3) is 0 Å². The smallest absolute Gasteiger partial charge is 0.0932 e. The average molecular weight is 226 g/mol. The molecule has 0 amide bonds. The van der Waals surface area contributed by atoms with Crippen molar-refractivity contribution in [1.82, 2.24) is 10.2 Å². The molecule has 0 spiro atoms. The maximum Gasteiger partial charge on any atom is 0.0932 e. The maximum absolute atomic E-state index is 4.18. The first-order valence-electron chi connectivity index (χ1n) is 5.88. The molecule has 88 valence electrons. The monoisotopic (exact) mass is 226 g/mol. The fourth-order valence-electron chi connectivity index (χ4n) is 2.17. The van der Waals surface area contributed by atoms with Gasteiger partial charge in [-0.2, -0.15) is 10.2 Å². The van der Waals surface area contributed by atoms with Gasteiger partial charge in [0.2, 0.25) is 0 Å². The number of aromatic nitrogens is 2. The Bertz CT molecular complexity index is 510. The van der Waals surface area contributed by atoms with Crippen molar-refractivity contribution in [2.24, 2.45) is 0 Å². The molecule has 2 heteroatoms. The highest BCUT2D eigenvalue weighted by Crippen LogP contribution is 2.31. The van der Waals surface area contributed by atoms with Gasteiger partial charge in [0.05, 0.1) is 5.69 Å². The summed E-state index contributed by atoms with van der Waals surface area (Å²) in [5.41, 5.74) is 4.92. The summed E-state index contributed by atoms with van der Waals surface area (Å²) in [7, 11) is 0. The van der Waals surface area contributed by atoms with Gasteiger partial charge in [-0.15, -0.1) is 0 Å². The number of hydrogen-bond acceptors (Lipinski definition) is 2. The quantitative estimate of drug-likeness (QED) is 0.740. The molecule has 0 N–H and O–H groups in total. The van der Waals surface area contributed by atoms with Gasteiger partial charge < -0.3 is 0 Å². The van der Waals surface area contributed by atoms with Gasteiger partial charge in [-0.1, -0.05) is 39.0 Å². The van der Waals surface area contributed by atoms with Crippen molar-refractivity contribution >= 4 is 0 Å². The van der Waals surface area contributed by atoms with E-state index in [0.717, 1.165) is 5.69 Å². The van der Waals surface area contributed by atoms with Crippen LogP contribution in [-0.2, 0) is 5.41 Å². The molecular weight excluding hydrogens is 208 g/mol. The molecule has 0 aliphatic rings. The van der Waals surface area contributed by atoms with E-state index in [1.165, 1.54) is 16.7 Å². The lowest BCUT2D eigenvalue weighted by Crippen LogP contribution is -2.13. The lowest BCUT2D eigenvalue weighted by Gasteiger charge is -2.23. The number of benzene rings is 1. The van der Waals surface area contributed by atoms with Crippen LogP contribution in [0.4, 0.5) is 0 Å². The summed E-state index contributed by atoms with van der Waals surface area (Å²) in [6, 6.07) is 10.3. The average Bonchev–Trinajstić information content (AvgIpc) is 2.29. The highest BCUT2D eigenvalue weighted by molar-refractivity contribution is 5.65. The van der Waals surface area contributed by atoms with E-state index in [1.54, 1.807) is 6.20 Å². The third-order valence-electron chi connectivity index (χ3n) is 2.99. The van der Waals surface area contributed by atoms with Crippen LogP contribution in [0, 0.1) is 6.92 Å². The van der Waals surface area contributed by atoms with Crippen molar-refractivity contribution in [3.8, 4) is 11.3 Å². The predicted molar refractivity (Wildman–Crippen MR) is 70.9 cm³/mol. The van der Waals surface area contributed by atoms with Gasteiger partial charge in [-0.05, 0) is 35.6 Å². The van der Waals surface area contributed by atoms with E-state index in [4.69, 9.17) is 0 Å². The standard InChI is InChI=1S/C15H18N2/c1-11-12(14-9-6-10-16-17-14)7-5-8-13(11)15(2,3)4/h5-10H,1-4H3. The number of rotatable bonds is 1. The van der Waals surface area contributed by atoms with Crippen LogP contribution in [0.1, 0.15) is 31.9 Å². The second-order valence-corrected chi connectivity index (χ2v) is 5.34. The zero-order valence-electron chi connectivity index (χ0n) is 10.9. The van der Waals surface area contributed by atoms with Crippen molar-refractivity contribution in [2.45, 2.75) is 33.1 Å². The zero-order chi connectivity index (χ0) is 12.5. The van der Waals surface area contributed by atoms with Crippen LogP contribution in [0.25, 0.3) is 11.3 Å². The summed E-state index contributed by atoms with van der Waals surface area (Å²) in [5, 5.41) is 8.13. The molecule has 0 radical (unpaired) electrons. The molecule has 1 heterocycles. The lowest BCUT2D eigenvalue weighted by atomic mass is 9.82. The van der Waals surface area contributed by atoms with E-state index in [1.807, 2.05) is 12.1 Å². The summed E-state index contributed by atoms with van der Waals surface area (Å²) in [4.78, 5) is 0. The van der Waals surface area contributed by atoms with E-state index in [2.05, 4.69) is 56.1 Å². The maximum atomic E-state index is 4.18. The summed E-state index contributed by atoms with van der Waals surface area (Å²) in [6.07, 6.45) is 1.70. The van der Waals surface area contributed by atoms with Gasteiger partial charge in [-0.25, -0.2) is 0 Å². The van der Waals surface area contributed by atoms with Crippen molar-refractivity contribution in [2.75, 3.05) is 0 Å². The predicted octanol–water partition coefficient (Wildman–Crippen LogP) is 3.75. The zero-order valence-corrected chi connectivity index (χ0v) is 10.9. The van der Waals surface area contributed by atoms with Gasteiger partial charge in [0.15, 0.2) is 0 Å². The third kappa shape index (κ3) is 2.36. The molecule has 17 heavy (non-hydrogen) atoms. The Hall–Kier alpha value is -1.70. The first-order chi connectivity index (χ1) is 8.00. The molecule has 1 aromatic carbocycles. The van der Waals surface area contributed by atoms with Gasteiger partial charge in [0.1, 0.15) is 0 Å². The van der Waals surface area contributed by atoms with Crippen LogP contribution in [0.5, 0.6) is 0 Å². The molecule has 0 saturated heterocycles. The van der Waals surface area contributed by atoms with Gasteiger partial charge in [-0.3, -0.25) is 0 Å². The highest BCUT2D eigenvalue weighted by Gasteiger charge is 2.18. The molecule has 0 saturated carbocycles. The summed E-state index contributed by atoms with van der Waals surface area (Å²) in [6.45, 7) is 8.85. The fourth-order valence-corrected chi connectivity index (χ4v) is 2.17. The Kier molecular flexibility index (Phi) is 2.97. The minimum atomic E-state index is 0.155. The number of hydrogen-bond donors (Lipinski definition) is 0. The minimum Gasteiger partial charge on any atom is -0.159 e. The van der Waals surface area contributed by atoms with Crippen LogP contribution >= 0.6 is 0 Å². The minimum absolute atomic E-state index is 0.155. The fraction of sp³-hybridized carbons (Fsp3) is 0.333. The SMILES string of the molecule is Cc1c(-c2cccnn2)cccc1C(C)(C)C. The first kappa shape index (κ1) is 11.8. The topological polar surface area (TPSA) is 25.8 Å². The van der Waals surface area contributed by atoms with Crippen molar-refractivity contribution in [1.29, 1.82) is 0 Å². The van der Waals surface area contributed by atoms with Crippen LogP contribution in [0.15, 0.2) is 36.5 Å². The van der Waals surface area contributed by atoms with Crippen LogP contribution in [-0.4, -0.2) is 10.2 Å². The third-order valence-corrected chi connectivity index (χ3v) is 2.99. The summed E-state index contributed by atoms with van der Waals surface area (Å²) < 4.78 is 0. The second-order valence-electron chi connectivity index (χ2n) is 5.34. The second kappa shape index (κ2) is 4.28. The van der Waals surface area contributed by atoms with Gasteiger partial charge in [0, 0.05) is 11.8 Å². The molecule has 0 atom stereocenters. The molecule has 0 aliphatic carbocycles. The molecule has 0 bridgehead atoms. The van der Waals surface area contributed by atoms with E-state index in [0.29, 0.717) is 0 Å². The van der Waals surface area contributed by atoms with Crippen molar-refractivity contribution in [3.05, 3.63) is 47.7 Å². The molecule has 1 aromatic heterocycles. The molecule has 2 nitrogen and oxygen atoms in total.